The minimum atomic E-state index is -0.272. The summed E-state index contributed by atoms with van der Waals surface area (Å²) in [5, 5.41) is 0. The number of anilines is 1. The lowest BCUT2D eigenvalue weighted by atomic mass is 9.82. The van der Waals surface area contributed by atoms with Gasteiger partial charge >= 0.3 is 0 Å². The van der Waals surface area contributed by atoms with E-state index in [2.05, 4.69) is 9.88 Å². The zero-order valence-electron chi connectivity index (χ0n) is 14.2. The van der Waals surface area contributed by atoms with Gasteiger partial charge in [-0.15, -0.1) is 0 Å². The number of piperidine rings is 1. The summed E-state index contributed by atoms with van der Waals surface area (Å²) in [6, 6.07) is 3.06. The summed E-state index contributed by atoms with van der Waals surface area (Å²) in [4.78, 5) is 21.1. The number of rotatable bonds is 2. The molecule has 2 atom stereocenters. The molecule has 4 nitrogen and oxygen atoms in total. The highest BCUT2D eigenvalue weighted by Gasteiger charge is 2.39. The molecule has 0 spiro atoms. The number of halogens is 1. The lowest BCUT2D eigenvalue weighted by Gasteiger charge is -2.34. The number of likely N-dealkylation sites (tertiary alicyclic amines) is 1. The average molecular weight is 331 g/mol. The van der Waals surface area contributed by atoms with Gasteiger partial charge in [0.15, 0.2) is 11.6 Å². The van der Waals surface area contributed by atoms with Crippen molar-refractivity contribution in [3.8, 4) is 0 Å². The Kier molecular flexibility index (Phi) is 4.42. The van der Waals surface area contributed by atoms with Gasteiger partial charge in [-0.25, -0.2) is 9.37 Å². The SMILES string of the molecule is O=C(C1CCN(c2ncccc2F)CC1)N1CC2CCCCC2C1. The van der Waals surface area contributed by atoms with Gasteiger partial charge in [-0.3, -0.25) is 4.79 Å². The largest absolute Gasteiger partial charge is 0.354 e. The average Bonchev–Trinajstić information content (AvgIpc) is 3.06. The Bertz CT molecular complexity index is 586. The summed E-state index contributed by atoms with van der Waals surface area (Å²) >= 11 is 0. The van der Waals surface area contributed by atoms with Crippen molar-refractivity contribution in [2.75, 3.05) is 31.1 Å². The fraction of sp³-hybridized carbons (Fsp3) is 0.684. The molecule has 1 amide bonds. The van der Waals surface area contributed by atoms with Gasteiger partial charge in [-0.05, 0) is 49.7 Å². The van der Waals surface area contributed by atoms with E-state index >= 15 is 0 Å². The van der Waals surface area contributed by atoms with Crippen LogP contribution < -0.4 is 4.90 Å². The second-order valence-electron chi connectivity index (χ2n) is 7.62. The van der Waals surface area contributed by atoms with Crippen LogP contribution in [0.3, 0.4) is 0 Å². The molecule has 0 radical (unpaired) electrons. The molecule has 1 aliphatic carbocycles. The first-order chi connectivity index (χ1) is 11.7. The topological polar surface area (TPSA) is 36.4 Å². The molecule has 3 aliphatic rings. The third-order valence-corrected chi connectivity index (χ3v) is 6.17. The van der Waals surface area contributed by atoms with E-state index in [1.807, 2.05) is 4.90 Å². The second-order valence-corrected chi connectivity index (χ2v) is 7.62. The van der Waals surface area contributed by atoms with E-state index < -0.39 is 0 Å². The smallest absolute Gasteiger partial charge is 0.225 e. The number of pyridine rings is 1. The van der Waals surface area contributed by atoms with Crippen LogP contribution in [0.4, 0.5) is 10.2 Å². The van der Waals surface area contributed by atoms with Gasteiger partial charge in [0, 0.05) is 38.3 Å². The Morgan fingerprint density at radius 3 is 2.38 bits per heavy atom. The molecule has 1 saturated carbocycles. The zero-order valence-corrected chi connectivity index (χ0v) is 14.2. The van der Waals surface area contributed by atoms with Crippen molar-refractivity contribution in [3.63, 3.8) is 0 Å². The Balaban J connectivity index is 1.34. The molecule has 0 aromatic carbocycles. The van der Waals surface area contributed by atoms with E-state index in [1.165, 1.54) is 31.7 Å². The molecule has 2 aliphatic heterocycles. The molecule has 1 aromatic rings. The molecule has 4 rings (SSSR count). The molecule has 0 N–H and O–H groups in total. The van der Waals surface area contributed by atoms with E-state index in [9.17, 15) is 9.18 Å². The van der Waals surface area contributed by atoms with Crippen LogP contribution in [0, 0.1) is 23.6 Å². The van der Waals surface area contributed by atoms with Crippen LogP contribution in [0.1, 0.15) is 38.5 Å². The van der Waals surface area contributed by atoms with E-state index in [0.717, 1.165) is 37.8 Å². The maximum Gasteiger partial charge on any atom is 0.225 e. The molecule has 3 heterocycles. The van der Waals surface area contributed by atoms with E-state index in [0.29, 0.717) is 24.8 Å². The maximum absolute atomic E-state index is 13.9. The predicted octanol–water partition coefficient (Wildman–Crippen LogP) is 3.09. The van der Waals surface area contributed by atoms with Crippen molar-refractivity contribution in [3.05, 3.63) is 24.1 Å². The quantitative estimate of drug-likeness (QED) is 0.835. The maximum atomic E-state index is 13.9. The number of nitrogens with zero attached hydrogens (tertiary/aromatic N) is 3. The number of aromatic nitrogens is 1. The highest BCUT2D eigenvalue weighted by Crippen LogP contribution is 2.37. The lowest BCUT2D eigenvalue weighted by Crippen LogP contribution is -2.42. The summed E-state index contributed by atoms with van der Waals surface area (Å²) < 4.78 is 13.9. The zero-order chi connectivity index (χ0) is 16.5. The molecule has 0 bridgehead atoms. The van der Waals surface area contributed by atoms with E-state index in [1.54, 1.807) is 12.3 Å². The molecule has 2 unspecified atom stereocenters. The van der Waals surface area contributed by atoms with Gasteiger partial charge in [0.05, 0.1) is 0 Å². The van der Waals surface area contributed by atoms with Crippen LogP contribution in [0.25, 0.3) is 0 Å². The summed E-state index contributed by atoms with van der Waals surface area (Å²) in [7, 11) is 0. The van der Waals surface area contributed by atoms with Crippen LogP contribution >= 0.6 is 0 Å². The summed E-state index contributed by atoms with van der Waals surface area (Å²) in [6.07, 6.45) is 8.50. The number of hydrogen-bond acceptors (Lipinski definition) is 3. The Hall–Kier alpha value is -1.65. The van der Waals surface area contributed by atoms with Gasteiger partial charge < -0.3 is 9.80 Å². The minimum absolute atomic E-state index is 0.105. The second kappa shape index (κ2) is 6.69. The first kappa shape index (κ1) is 15.9. The Morgan fingerprint density at radius 1 is 1.08 bits per heavy atom. The third kappa shape index (κ3) is 3.01. The summed E-state index contributed by atoms with van der Waals surface area (Å²) in [5.74, 6) is 2.08. The number of carbonyl (C=O) groups is 1. The van der Waals surface area contributed by atoms with E-state index in [4.69, 9.17) is 0 Å². The molecule has 130 valence electrons. The Morgan fingerprint density at radius 2 is 1.75 bits per heavy atom. The van der Waals surface area contributed by atoms with Gasteiger partial charge in [-0.1, -0.05) is 12.8 Å². The van der Waals surface area contributed by atoms with Gasteiger partial charge in [-0.2, -0.15) is 0 Å². The Labute approximate surface area is 143 Å². The van der Waals surface area contributed by atoms with Crippen molar-refractivity contribution >= 4 is 11.7 Å². The van der Waals surface area contributed by atoms with Crippen LogP contribution in [-0.2, 0) is 4.79 Å². The number of hydrogen-bond donors (Lipinski definition) is 0. The highest BCUT2D eigenvalue weighted by atomic mass is 19.1. The molecule has 3 fully saturated rings. The van der Waals surface area contributed by atoms with Crippen molar-refractivity contribution in [2.24, 2.45) is 17.8 Å². The van der Waals surface area contributed by atoms with Crippen molar-refractivity contribution < 1.29 is 9.18 Å². The van der Waals surface area contributed by atoms with Crippen LogP contribution in [0.15, 0.2) is 18.3 Å². The third-order valence-electron chi connectivity index (χ3n) is 6.17. The number of fused-ring (bicyclic) bond motifs is 1. The number of amides is 1. The van der Waals surface area contributed by atoms with Crippen LogP contribution in [0.2, 0.25) is 0 Å². The molecular weight excluding hydrogens is 305 g/mol. The van der Waals surface area contributed by atoms with Crippen molar-refractivity contribution in [1.82, 2.24) is 9.88 Å². The highest BCUT2D eigenvalue weighted by molar-refractivity contribution is 5.79. The standard InChI is InChI=1S/C19H26FN3O/c20-17-6-3-9-21-18(17)22-10-7-14(8-11-22)19(24)23-12-15-4-1-2-5-16(15)13-23/h3,6,9,14-16H,1-2,4-5,7-8,10-13H2. The fourth-order valence-electron chi connectivity index (χ4n) is 4.79. The van der Waals surface area contributed by atoms with Crippen LogP contribution in [-0.4, -0.2) is 42.0 Å². The predicted molar refractivity (Wildman–Crippen MR) is 91.2 cm³/mol. The molecule has 1 aromatic heterocycles. The summed E-state index contributed by atoms with van der Waals surface area (Å²) in [5.41, 5.74) is 0. The molecular formula is C19H26FN3O. The normalized spacial score (nSPS) is 28.0. The van der Waals surface area contributed by atoms with Crippen molar-refractivity contribution in [1.29, 1.82) is 0 Å². The van der Waals surface area contributed by atoms with E-state index in [-0.39, 0.29) is 11.7 Å². The first-order valence-electron chi connectivity index (χ1n) is 9.36. The first-order valence-corrected chi connectivity index (χ1v) is 9.36. The molecule has 2 saturated heterocycles. The van der Waals surface area contributed by atoms with Crippen LogP contribution in [0.5, 0.6) is 0 Å². The summed E-state index contributed by atoms with van der Waals surface area (Å²) in [6.45, 7) is 3.37. The monoisotopic (exact) mass is 331 g/mol. The lowest BCUT2D eigenvalue weighted by molar-refractivity contribution is -0.135. The van der Waals surface area contributed by atoms with Gasteiger partial charge in [0.25, 0.3) is 0 Å². The van der Waals surface area contributed by atoms with Gasteiger partial charge in [0.1, 0.15) is 0 Å². The number of carbonyl (C=O) groups excluding carboxylic acids is 1. The minimum Gasteiger partial charge on any atom is -0.354 e. The van der Waals surface area contributed by atoms with Crippen molar-refractivity contribution in [2.45, 2.75) is 38.5 Å². The van der Waals surface area contributed by atoms with Gasteiger partial charge in [0.2, 0.25) is 5.91 Å². The molecule has 24 heavy (non-hydrogen) atoms. The molecule has 5 heteroatoms. The fourth-order valence-corrected chi connectivity index (χ4v) is 4.79.